The number of anilines is 1. The third-order valence-electron chi connectivity index (χ3n) is 4.00. The molecule has 104 valence electrons. The first-order valence-corrected chi connectivity index (χ1v) is 8.03. The maximum absolute atomic E-state index is 4.80. The van der Waals surface area contributed by atoms with E-state index in [1.807, 2.05) is 0 Å². The predicted octanol–water partition coefficient (Wildman–Crippen LogP) is 2.74. The van der Waals surface area contributed by atoms with Crippen LogP contribution < -0.4 is 10.2 Å². The van der Waals surface area contributed by atoms with Crippen LogP contribution in [0.1, 0.15) is 31.9 Å². The number of fused-ring (bicyclic) bond motifs is 1. The van der Waals surface area contributed by atoms with E-state index in [0.29, 0.717) is 0 Å². The van der Waals surface area contributed by atoms with E-state index in [-0.39, 0.29) is 0 Å². The Morgan fingerprint density at radius 1 is 1.53 bits per heavy atom. The van der Waals surface area contributed by atoms with Crippen LogP contribution >= 0.6 is 11.3 Å². The molecular formula is C14H22N4S. The topological polar surface area (TPSA) is 32.6 Å². The second-order valence-corrected chi connectivity index (χ2v) is 6.27. The van der Waals surface area contributed by atoms with Gasteiger partial charge in [-0.15, -0.1) is 11.3 Å². The SMILES string of the molecule is CCNCc1c(N(C)CC2CCC2)nc2sccn12. The average Bonchev–Trinajstić information content (AvgIpc) is 2.91. The molecule has 1 fully saturated rings. The van der Waals surface area contributed by atoms with Gasteiger partial charge >= 0.3 is 0 Å². The number of imidazole rings is 1. The van der Waals surface area contributed by atoms with E-state index in [9.17, 15) is 0 Å². The maximum atomic E-state index is 4.80. The summed E-state index contributed by atoms with van der Waals surface area (Å²) in [5, 5.41) is 5.53. The summed E-state index contributed by atoms with van der Waals surface area (Å²) in [6, 6.07) is 0. The van der Waals surface area contributed by atoms with Gasteiger partial charge in [0.25, 0.3) is 0 Å². The Labute approximate surface area is 118 Å². The summed E-state index contributed by atoms with van der Waals surface area (Å²) < 4.78 is 2.22. The molecule has 0 amide bonds. The molecule has 0 spiro atoms. The van der Waals surface area contributed by atoms with Crippen molar-refractivity contribution in [3.8, 4) is 0 Å². The highest BCUT2D eigenvalue weighted by atomic mass is 32.1. The zero-order valence-electron chi connectivity index (χ0n) is 11.7. The summed E-state index contributed by atoms with van der Waals surface area (Å²) in [4.78, 5) is 8.25. The number of hydrogen-bond donors (Lipinski definition) is 1. The van der Waals surface area contributed by atoms with Crippen molar-refractivity contribution in [3.63, 3.8) is 0 Å². The van der Waals surface area contributed by atoms with Gasteiger partial charge in [0.05, 0.1) is 5.69 Å². The van der Waals surface area contributed by atoms with Crippen LogP contribution in [0.2, 0.25) is 0 Å². The van der Waals surface area contributed by atoms with Crippen LogP contribution in [0, 0.1) is 5.92 Å². The van der Waals surface area contributed by atoms with E-state index in [1.165, 1.54) is 25.0 Å². The molecule has 0 radical (unpaired) electrons. The number of rotatable bonds is 6. The van der Waals surface area contributed by atoms with Crippen molar-refractivity contribution in [3.05, 3.63) is 17.3 Å². The van der Waals surface area contributed by atoms with Gasteiger partial charge in [-0.3, -0.25) is 4.40 Å². The number of thiazole rings is 1. The number of nitrogens with zero attached hydrogens (tertiary/aromatic N) is 3. The first kappa shape index (κ1) is 12.9. The number of aromatic nitrogens is 2. The molecule has 1 saturated carbocycles. The third-order valence-corrected chi connectivity index (χ3v) is 4.76. The zero-order valence-corrected chi connectivity index (χ0v) is 12.5. The van der Waals surface area contributed by atoms with Gasteiger partial charge in [-0.1, -0.05) is 13.3 Å². The Hall–Kier alpha value is -1.07. The molecule has 0 aromatic carbocycles. The van der Waals surface area contributed by atoms with Gasteiger partial charge in [-0.05, 0) is 25.3 Å². The van der Waals surface area contributed by atoms with Crippen LogP contribution in [-0.2, 0) is 6.54 Å². The molecule has 0 atom stereocenters. The summed E-state index contributed by atoms with van der Waals surface area (Å²) >= 11 is 1.71. The van der Waals surface area contributed by atoms with Gasteiger partial charge in [0.2, 0.25) is 0 Å². The Morgan fingerprint density at radius 3 is 3.05 bits per heavy atom. The molecule has 0 saturated heterocycles. The lowest BCUT2D eigenvalue weighted by Crippen LogP contribution is -2.30. The number of hydrogen-bond acceptors (Lipinski definition) is 4. The van der Waals surface area contributed by atoms with Crippen molar-refractivity contribution in [2.24, 2.45) is 5.92 Å². The zero-order chi connectivity index (χ0) is 13.2. The van der Waals surface area contributed by atoms with E-state index >= 15 is 0 Å². The standard InChI is InChI=1S/C14H22N4S/c1-3-15-9-12-13(16-14-18(12)7-8-19-14)17(2)10-11-5-4-6-11/h7-8,11,15H,3-6,9-10H2,1-2H3. The van der Waals surface area contributed by atoms with Crippen LogP contribution in [0.25, 0.3) is 4.96 Å². The molecule has 0 bridgehead atoms. The minimum atomic E-state index is 0.872. The van der Waals surface area contributed by atoms with Gasteiger partial charge in [0.1, 0.15) is 0 Å². The van der Waals surface area contributed by atoms with Gasteiger partial charge in [0.15, 0.2) is 10.8 Å². The van der Waals surface area contributed by atoms with Gasteiger partial charge in [-0.2, -0.15) is 0 Å². The summed E-state index contributed by atoms with van der Waals surface area (Å²) in [7, 11) is 2.18. The normalized spacial score (nSPS) is 15.9. The maximum Gasteiger partial charge on any atom is 0.195 e. The first-order chi connectivity index (χ1) is 9.29. The molecule has 0 aliphatic heterocycles. The van der Waals surface area contributed by atoms with Gasteiger partial charge in [-0.25, -0.2) is 4.98 Å². The molecule has 2 heterocycles. The van der Waals surface area contributed by atoms with Crippen molar-refractivity contribution in [1.82, 2.24) is 14.7 Å². The molecule has 1 aliphatic rings. The smallest absolute Gasteiger partial charge is 0.195 e. The second-order valence-electron chi connectivity index (χ2n) is 5.40. The van der Waals surface area contributed by atoms with Crippen LogP contribution in [0.4, 0.5) is 5.82 Å². The molecule has 2 aromatic rings. The van der Waals surface area contributed by atoms with Crippen molar-refractivity contribution >= 4 is 22.1 Å². The molecule has 4 nitrogen and oxygen atoms in total. The summed E-state index contributed by atoms with van der Waals surface area (Å²) in [6.45, 7) is 5.16. The first-order valence-electron chi connectivity index (χ1n) is 7.16. The fraction of sp³-hybridized carbons (Fsp3) is 0.643. The van der Waals surface area contributed by atoms with Crippen molar-refractivity contribution in [2.75, 3.05) is 25.0 Å². The molecule has 0 unspecified atom stereocenters. The van der Waals surface area contributed by atoms with Crippen LogP contribution in [0.3, 0.4) is 0 Å². The van der Waals surface area contributed by atoms with E-state index in [4.69, 9.17) is 4.98 Å². The van der Waals surface area contributed by atoms with Crippen LogP contribution in [0.5, 0.6) is 0 Å². The summed E-state index contributed by atoms with van der Waals surface area (Å²) in [5.74, 6) is 2.02. The van der Waals surface area contributed by atoms with E-state index in [0.717, 1.165) is 36.3 Å². The lowest BCUT2D eigenvalue weighted by molar-refractivity contribution is 0.321. The lowest BCUT2D eigenvalue weighted by Gasteiger charge is -2.30. The fourth-order valence-corrected chi connectivity index (χ4v) is 3.41. The van der Waals surface area contributed by atoms with Crippen LogP contribution in [0.15, 0.2) is 11.6 Å². The van der Waals surface area contributed by atoms with Crippen molar-refractivity contribution in [1.29, 1.82) is 0 Å². The van der Waals surface area contributed by atoms with Crippen molar-refractivity contribution in [2.45, 2.75) is 32.7 Å². The fourth-order valence-electron chi connectivity index (χ4n) is 2.68. The molecule has 2 aromatic heterocycles. The molecule has 19 heavy (non-hydrogen) atoms. The Kier molecular flexibility index (Phi) is 3.75. The summed E-state index contributed by atoms with van der Waals surface area (Å²) in [6.07, 6.45) is 6.30. The highest BCUT2D eigenvalue weighted by Crippen LogP contribution is 2.30. The predicted molar refractivity (Wildman–Crippen MR) is 81.1 cm³/mol. The molecule has 1 aliphatic carbocycles. The molecule has 1 N–H and O–H groups in total. The minimum Gasteiger partial charge on any atom is -0.358 e. The summed E-state index contributed by atoms with van der Waals surface area (Å²) in [5.41, 5.74) is 1.29. The number of nitrogens with one attached hydrogen (secondary N) is 1. The Morgan fingerprint density at radius 2 is 2.37 bits per heavy atom. The molecular weight excluding hydrogens is 256 g/mol. The third kappa shape index (κ3) is 2.49. The minimum absolute atomic E-state index is 0.872. The second kappa shape index (κ2) is 5.51. The Balaban J connectivity index is 1.84. The largest absolute Gasteiger partial charge is 0.358 e. The monoisotopic (exact) mass is 278 g/mol. The lowest BCUT2D eigenvalue weighted by atomic mass is 9.85. The van der Waals surface area contributed by atoms with Crippen molar-refractivity contribution < 1.29 is 0 Å². The van der Waals surface area contributed by atoms with E-state index in [1.54, 1.807) is 11.3 Å². The van der Waals surface area contributed by atoms with Gasteiger partial charge < -0.3 is 10.2 Å². The van der Waals surface area contributed by atoms with E-state index in [2.05, 4.69) is 40.2 Å². The molecule has 5 heteroatoms. The highest BCUT2D eigenvalue weighted by molar-refractivity contribution is 7.15. The highest BCUT2D eigenvalue weighted by Gasteiger charge is 2.22. The van der Waals surface area contributed by atoms with Crippen LogP contribution in [-0.4, -0.2) is 29.5 Å². The quantitative estimate of drug-likeness (QED) is 0.882. The Bertz CT molecular complexity index is 541. The average molecular weight is 278 g/mol. The van der Waals surface area contributed by atoms with Gasteiger partial charge in [0, 0.05) is 31.7 Å². The van der Waals surface area contributed by atoms with E-state index < -0.39 is 0 Å². The molecule has 3 rings (SSSR count).